The predicted octanol–water partition coefficient (Wildman–Crippen LogP) is 0.768. The molecule has 4 rings (SSSR count). The van der Waals surface area contributed by atoms with Gasteiger partial charge in [0.25, 0.3) is 11.8 Å². The van der Waals surface area contributed by atoms with Crippen LogP contribution in [-0.2, 0) is 23.8 Å². The highest BCUT2D eigenvalue weighted by atomic mass is 16.6. The fourth-order valence-electron chi connectivity index (χ4n) is 5.03. The molecular formula is C28H39N5O8. The Balaban J connectivity index is 1.16. The lowest BCUT2D eigenvalue weighted by atomic mass is 10.0. The number of alkyl carbamates (subject to hydrolysis) is 1. The van der Waals surface area contributed by atoms with Crippen LogP contribution in [0.5, 0.6) is 0 Å². The molecule has 3 aliphatic rings. The van der Waals surface area contributed by atoms with Gasteiger partial charge in [-0.1, -0.05) is 6.07 Å². The van der Waals surface area contributed by atoms with Gasteiger partial charge in [-0.25, -0.2) is 4.79 Å². The number of piperidine rings is 1. The molecule has 0 aliphatic carbocycles. The van der Waals surface area contributed by atoms with Gasteiger partial charge in [0.15, 0.2) is 0 Å². The van der Waals surface area contributed by atoms with Crippen LogP contribution in [0.2, 0.25) is 0 Å². The van der Waals surface area contributed by atoms with E-state index in [9.17, 15) is 24.0 Å². The molecule has 224 valence electrons. The lowest BCUT2D eigenvalue weighted by Crippen LogP contribution is -2.54. The van der Waals surface area contributed by atoms with Gasteiger partial charge in [-0.3, -0.25) is 34.3 Å². The highest BCUT2D eigenvalue weighted by molar-refractivity contribution is 6.25. The summed E-state index contributed by atoms with van der Waals surface area (Å²) in [7, 11) is 0. The maximum Gasteiger partial charge on any atom is 0.407 e. The Morgan fingerprint density at radius 3 is 2.37 bits per heavy atom. The van der Waals surface area contributed by atoms with E-state index < -0.39 is 41.4 Å². The quantitative estimate of drug-likeness (QED) is 0.287. The zero-order valence-corrected chi connectivity index (χ0v) is 23.9. The van der Waals surface area contributed by atoms with Crippen LogP contribution in [0.15, 0.2) is 18.2 Å². The fraction of sp³-hybridized carbons (Fsp3) is 0.607. The summed E-state index contributed by atoms with van der Waals surface area (Å²) < 4.78 is 16.3. The SMILES string of the molecule is CC(C)(C)OC(=O)NCCOCCOCCN1CCN(c2cccc3c2C(=O)N(C2CCC(=O)NC2=O)C3=O)CC1. The molecule has 5 amide bonds. The highest BCUT2D eigenvalue weighted by Gasteiger charge is 2.46. The standard InChI is InChI=1S/C28H39N5O8/c1-28(2,3)41-27(38)29-9-15-39-17-18-40-16-14-31-10-12-32(13-11-31)20-6-4-5-19-23(20)26(37)33(25(19)36)21-7-8-22(34)30-24(21)35/h4-6,21H,7-18H2,1-3H3,(H,29,38)(H,30,34,35). The van der Waals surface area contributed by atoms with E-state index in [-0.39, 0.29) is 18.4 Å². The molecule has 0 saturated carbocycles. The first-order valence-electron chi connectivity index (χ1n) is 14.0. The fourth-order valence-corrected chi connectivity index (χ4v) is 5.03. The average molecular weight is 574 g/mol. The molecule has 0 radical (unpaired) electrons. The number of nitrogens with zero attached hydrogens (tertiary/aromatic N) is 3. The third-order valence-corrected chi connectivity index (χ3v) is 7.00. The van der Waals surface area contributed by atoms with Gasteiger partial charge in [-0.2, -0.15) is 0 Å². The van der Waals surface area contributed by atoms with E-state index in [1.807, 2.05) is 6.07 Å². The van der Waals surface area contributed by atoms with Gasteiger partial charge in [0.2, 0.25) is 11.8 Å². The highest BCUT2D eigenvalue weighted by Crippen LogP contribution is 2.34. The number of carbonyl (C=O) groups excluding carboxylic acids is 5. The van der Waals surface area contributed by atoms with Crippen LogP contribution in [0.4, 0.5) is 10.5 Å². The Kier molecular flexibility index (Phi) is 9.94. The lowest BCUT2D eigenvalue weighted by molar-refractivity contribution is -0.136. The molecular weight excluding hydrogens is 534 g/mol. The Labute approximate surface area is 239 Å². The average Bonchev–Trinajstić information content (AvgIpc) is 3.17. The zero-order chi connectivity index (χ0) is 29.6. The van der Waals surface area contributed by atoms with Gasteiger partial charge in [0.1, 0.15) is 11.6 Å². The van der Waals surface area contributed by atoms with E-state index in [1.54, 1.807) is 32.9 Å². The molecule has 41 heavy (non-hydrogen) atoms. The van der Waals surface area contributed by atoms with Crippen molar-refractivity contribution in [3.05, 3.63) is 29.3 Å². The van der Waals surface area contributed by atoms with Crippen molar-refractivity contribution in [3.8, 4) is 0 Å². The van der Waals surface area contributed by atoms with Gasteiger partial charge in [-0.05, 0) is 39.3 Å². The van der Waals surface area contributed by atoms with Crippen LogP contribution in [0, 0.1) is 0 Å². The Bertz CT molecular complexity index is 1160. The molecule has 1 aromatic rings. The van der Waals surface area contributed by atoms with Crippen molar-refractivity contribution in [2.24, 2.45) is 0 Å². The van der Waals surface area contributed by atoms with E-state index in [2.05, 4.69) is 20.4 Å². The number of hydrogen-bond donors (Lipinski definition) is 2. The van der Waals surface area contributed by atoms with E-state index >= 15 is 0 Å². The second kappa shape index (κ2) is 13.4. The second-order valence-electron chi connectivity index (χ2n) is 11.1. The molecule has 1 atom stereocenters. The van der Waals surface area contributed by atoms with Crippen molar-refractivity contribution in [2.45, 2.75) is 45.3 Å². The Morgan fingerprint density at radius 1 is 0.976 bits per heavy atom. The monoisotopic (exact) mass is 573 g/mol. The van der Waals surface area contributed by atoms with Crippen LogP contribution in [-0.4, -0.2) is 117 Å². The summed E-state index contributed by atoms with van der Waals surface area (Å²) in [6.07, 6.45) is -0.254. The first kappa shape index (κ1) is 30.4. The summed E-state index contributed by atoms with van der Waals surface area (Å²) in [4.78, 5) is 67.3. The topological polar surface area (TPSA) is 147 Å². The Morgan fingerprint density at radius 2 is 1.68 bits per heavy atom. The van der Waals surface area contributed by atoms with Crippen molar-refractivity contribution in [1.29, 1.82) is 0 Å². The number of carbonyl (C=O) groups is 5. The Hall–Kier alpha value is -3.55. The third-order valence-electron chi connectivity index (χ3n) is 7.00. The number of ether oxygens (including phenoxy) is 3. The largest absolute Gasteiger partial charge is 0.444 e. The summed E-state index contributed by atoms with van der Waals surface area (Å²) in [6.45, 7) is 11.2. The van der Waals surface area contributed by atoms with Gasteiger partial charge in [-0.15, -0.1) is 0 Å². The maximum absolute atomic E-state index is 13.4. The molecule has 0 aromatic heterocycles. The van der Waals surface area contributed by atoms with Crippen LogP contribution < -0.4 is 15.5 Å². The van der Waals surface area contributed by atoms with Gasteiger partial charge in [0.05, 0.1) is 43.2 Å². The van der Waals surface area contributed by atoms with Gasteiger partial charge in [0, 0.05) is 45.7 Å². The maximum atomic E-state index is 13.4. The first-order valence-corrected chi connectivity index (χ1v) is 14.0. The number of fused-ring (bicyclic) bond motifs is 1. The molecule has 2 N–H and O–H groups in total. The van der Waals surface area contributed by atoms with E-state index in [4.69, 9.17) is 14.2 Å². The number of piperazine rings is 1. The lowest BCUT2D eigenvalue weighted by Gasteiger charge is -2.36. The zero-order valence-electron chi connectivity index (χ0n) is 23.9. The molecule has 3 aliphatic heterocycles. The number of anilines is 1. The molecule has 13 nitrogen and oxygen atoms in total. The van der Waals surface area contributed by atoms with Crippen LogP contribution in [0.25, 0.3) is 0 Å². The molecule has 2 saturated heterocycles. The third kappa shape index (κ3) is 7.80. The van der Waals surface area contributed by atoms with E-state index in [0.29, 0.717) is 57.3 Å². The number of imide groups is 2. The minimum Gasteiger partial charge on any atom is -0.444 e. The van der Waals surface area contributed by atoms with Crippen LogP contribution in [0.3, 0.4) is 0 Å². The van der Waals surface area contributed by atoms with Gasteiger partial charge >= 0.3 is 6.09 Å². The second-order valence-corrected chi connectivity index (χ2v) is 11.1. The molecule has 1 aromatic carbocycles. The number of amides is 5. The molecule has 3 heterocycles. The number of benzene rings is 1. The van der Waals surface area contributed by atoms with Crippen LogP contribution in [0.1, 0.15) is 54.3 Å². The van der Waals surface area contributed by atoms with E-state index in [0.717, 1.165) is 24.5 Å². The van der Waals surface area contributed by atoms with Crippen LogP contribution >= 0.6 is 0 Å². The summed E-state index contributed by atoms with van der Waals surface area (Å²) in [6, 6.07) is 4.21. The first-order chi connectivity index (χ1) is 19.5. The normalized spacial score (nSPS) is 19.8. The summed E-state index contributed by atoms with van der Waals surface area (Å²) in [5.74, 6) is -2.01. The molecule has 0 bridgehead atoms. The van der Waals surface area contributed by atoms with Crippen molar-refractivity contribution in [2.75, 3.05) is 70.6 Å². The van der Waals surface area contributed by atoms with Crippen molar-refractivity contribution >= 4 is 35.4 Å². The minimum atomic E-state index is -0.982. The summed E-state index contributed by atoms with van der Waals surface area (Å²) >= 11 is 0. The molecule has 1 unspecified atom stereocenters. The van der Waals surface area contributed by atoms with Gasteiger partial charge < -0.3 is 24.4 Å². The predicted molar refractivity (Wildman–Crippen MR) is 148 cm³/mol. The van der Waals surface area contributed by atoms with E-state index in [1.165, 1.54) is 0 Å². The smallest absolute Gasteiger partial charge is 0.407 e. The summed E-state index contributed by atoms with van der Waals surface area (Å²) in [5.41, 5.74) is 0.759. The molecule has 2 fully saturated rings. The molecule has 13 heteroatoms. The van der Waals surface area contributed by atoms with Crippen molar-refractivity contribution < 1.29 is 38.2 Å². The number of hydrogen-bond acceptors (Lipinski definition) is 10. The number of rotatable bonds is 11. The van der Waals surface area contributed by atoms with Crippen molar-refractivity contribution in [1.82, 2.24) is 20.4 Å². The van der Waals surface area contributed by atoms with Crippen molar-refractivity contribution in [3.63, 3.8) is 0 Å². The minimum absolute atomic E-state index is 0.0860. The molecule has 0 spiro atoms. The number of nitrogens with one attached hydrogen (secondary N) is 2. The summed E-state index contributed by atoms with van der Waals surface area (Å²) in [5, 5.41) is 4.86.